The van der Waals surface area contributed by atoms with Gasteiger partial charge in [-0.3, -0.25) is 0 Å². The van der Waals surface area contributed by atoms with Crippen LogP contribution in [-0.4, -0.2) is 11.1 Å². The van der Waals surface area contributed by atoms with Gasteiger partial charge in [0.1, 0.15) is 0 Å². The predicted octanol–water partition coefficient (Wildman–Crippen LogP) is 1.74. The van der Waals surface area contributed by atoms with E-state index < -0.39 is 0 Å². The molecule has 0 aliphatic heterocycles. The number of nitrogens with zero attached hydrogens (tertiary/aromatic N) is 1. The minimum absolute atomic E-state index is 0.724. The van der Waals surface area contributed by atoms with E-state index >= 15 is 0 Å². The Morgan fingerprint density at radius 1 is 1.29 bits per heavy atom. The first kappa shape index (κ1) is 10.9. The Hall–Kier alpha value is -1.20. The van der Waals surface area contributed by atoms with Gasteiger partial charge >= 0.3 is 0 Å². The first-order chi connectivity index (χ1) is 6.63. The molecule has 0 atom stereocenters. The van der Waals surface area contributed by atoms with Crippen LogP contribution in [0.15, 0.2) is 0 Å². The quantitative estimate of drug-likeness (QED) is 0.723. The maximum absolute atomic E-state index is 5.50. The van der Waals surface area contributed by atoms with E-state index in [1.807, 2.05) is 0 Å². The average Bonchev–Trinajstić information content (AvgIpc) is 2.37. The van der Waals surface area contributed by atoms with Gasteiger partial charge in [-0.2, -0.15) is 0 Å². The Kier molecular flexibility index (Phi) is 3.38. The molecular weight excluding hydrogens is 172 g/mol. The van der Waals surface area contributed by atoms with Crippen molar-refractivity contribution in [3.8, 4) is 12.3 Å². The van der Waals surface area contributed by atoms with Crippen LogP contribution in [0.25, 0.3) is 0 Å². The highest BCUT2D eigenvalue weighted by Crippen LogP contribution is 2.20. The zero-order valence-electron chi connectivity index (χ0n) is 9.22. The van der Waals surface area contributed by atoms with Crippen LogP contribution >= 0.6 is 0 Å². The third kappa shape index (κ3) is 1.69. The average molecular weight is 190 g/mol. The van der Waals surface area contributed by atoms with Crippen molar-refractivity contribution in [3.05, 3.63) is 22.5 Å². The summed E-state index contributed by atoms with van der Waals surface area (Å²) in [6.07, 6.45) is 6.47. The molecule has 1 heterocycles. The molecule has 0 bridgehead atoms. The molecular formula is C12H18N2. The van der Waals surface area contributed by atoms with Gasteiger partial charge in [-0.15, -0.1) is 6.42 Å². The van der Waals surface area contributed by atoms with Crippen molar-refractivity contribution in [1.29, 1.82) is 0 Å². The number of nitrogens with two attached hydrogens (primary N) is 1. The largest absolute Gasteiger partial charge is 0.348 e. The van der Waals surface area contributed by atoms with Crippen LogP contribution in [0.5, 0.6) is 0 Å². The third-order valence-corrected chi connectivity index (χ3v) is 2.82. The molecule has 0 amide bonds. The van der Waals surface area contributed by atoms with Crippen LogP contribution in [0.1, 0.15) is 28.9 Å². The van der Waals surface area contributed by atoms with Gasteiger partial charge in [-0.1, -0.05) is 5.92 Å². The lowest BCUT2D eigenvalue weighted by molar-refractivity contribution is 0.624. The highest BCUT2D eigenvalue weighted by molar-refractivity contribution is 5.47. The monoisotopic (exact) mass is 190 g/mol. The molecule has 0 saturated carbocycles. The summed E-state index contributed by atoms with van der Waals surface area (Å²) in [4.78, 5) is 0. The number of hydrogen-bond donors (Lipinski definition) is 1. The molecule has 0 spiro atoms. The molecule has 1 rings (SSSR count). The SMILES string of the molecule is C#Cc1c(C)c(C)n(CCCN)c1C. The summed E-state index contributed by atoms with van der Waals surface area (Å²) in [5, 5.41) is 0. The van der Waals surface area contributed by atoms with Crippen molar-refractivity contribution < 1.29 is 0 Å². The minimum Gasteiger partial charge on any atom is -0.348 e. The van der Waals surface area contributed by atoms with E-state index in [-0.39, 0.29) is 0 Å². The first-order valence-electron chi connectivity index (χ1n) is 4.96. The molecule has 0 radical (unpaired) electrons. The van der Waals surface area contributed by atoms with E-state index in [9.17, 15) is 0 Å². The van der Waals surface area contributed by atoms with E-state index in [2.05, 4.69) is 31.3 Å². The van der Waals surface area contributed by atoms with Crippen LogP contribution in [0, 0.1) is 33.1 Å². The van der Waals surface area contributed by atoms with Gasteiger partial charge in [-0.25, -0.2) is 0 Å². The predicted molar refractivity (Wildman–Crippen MR) is 60.2 cm³/mol. The molecule has 0 fully saturated rings. The van der Waals surface area contributed by atoms with Crippen molar-refractivity contribution >= 4 is 0 Å². The van der Waals surface area contributed by atoms with Crippen molar-refractivity contribution in [2.75, 3.05) is 6.54 Å². The molecule has 0 saturated heterocycles. The molecule has 14 heavy (non-hydrogen) atoms. The van der Waals surface area contributed by atoms with Crippen LogP contribution in [0.3, 0.4) is 0 Å². The fourth-order valence-corrected chi connectivity index (χ4v) is 1.84. The Bertz CT molecular complexity index is 367. The maximum Gasteiger partial charge on any atom is 0.0481 e. The summed E-state index contributed by atoms with van der Waals surface area (Å²) < 4.78 is 2.26. The van der Waals surface area contributed by atoms with E-state index in [1.165, 1.54) is 17.0 Å². The number of aromatic nitrogens is 1. The zero-order chi connectivity index (χ0) is 10.7. The van der Waals surface area contributed by atoms with Crippen LogP contribution in [-0.2, 0) is 6.54 Å². The summed E-state index contributed by atoms with van der Waals surface area (Å²) in [6, 6.07) is 0. The van der Waals surface area contributed by atoms with Gasteiger partial charge in [-0.05, 0) is 39.3 Å². The van der Waals surface area contributed by atoms with Crippen molar-refractivity contribution in [3.63, 3.8) is 0 Å². The standard InChI is InChI=1S/C12H18N2/c1-5-12-9(2)10(3)14(11(12)4)8-6-7-13/h1H,6-8,13H2,2-4H3. The first-order valence-corrected chi connectivity index (χ1v) is 4.96. The fourth-order valence-electron chi connectivity index (χ4n) is 1.84. The molecule has 0 aliphatic rings. The number of terminal acetylenes is 1. The molecule has 1 aromatic rings. The molecule has 2 heteroatoms. The molecule has 0 aromatic carbocycles. The van der Waals surface area contributed by atoms with Crippen molar-refractivity contribution in [1.82, 2.24) is 4.57 Å². The number of hydrogen-bond acceptors (Lipinski definition) is 1. The van der Waals surface area contributed by atoms with E-state index in [1.54, 1.807) is 0 Å². The molecule has 1 aromatic heterocycles. The van der Waals surface area contributed by atoms with Gasteiger partial charge in [0.05, 0.1) is 0 Å². The lowest BCUT2D eigenvalue weighted by Gasteiger charge is -2.07. The highest BCUT2D eigenvalue weighted by atomic mass is 15.0. The van der Waals surface area contributed by atoms with Gasteiger partial charge in [0.25, 0.3) is 0 Å². The van der Waals surface area contributed by atoms with Crippen LogP contribution in [0.2, 0.25) is 0 Å². The summed E-state index contributed by atoms with van der Waals surface area (Å²) in [5.74, 6) is 2.75. The molecule has 0 aliphatic carbocycles. The minimum atomic E-state index is 0.724. The summed E-state index contributed by atoms with van der Waals surface area (Å²) in [7, 11) is 0. The van der Waals surface area contributed by atoms with Crippen molar-refractivity contribution in [2.45, 2.75) is 33.7 Å². The topological polar surface area (TPSA) is 30.9 Å². The van der Waals surface area contributed by atoms with Gasteiger partial charge in [0.15, 0.2) is 0 Å². The summed E-state index contributed by atoms with van der Waals surface area (Å²) in [6.45, 7) is 7.96. The Morgan fingerprint density at radius 3 is 2.36 bits per heavy atom. The fraction of sp³-hybridized carbons (Fsp3) is 0.500. The smallest absolute Gasteiger partial charge is 0.0481 e. The Balaban J connectivity index is 3.12. The molecule has 76 valence electrons. The lowest BCUT2D eigenvalue weighted by atomic mass is 10.1. The second-order valence-electron chi connectivity index (χ2n) is 3.61. The molecule has 2 nitrogen and oxygen atoms in total. The highest BCUT2D eigenvalue weighted by Gasteiger charge is 2.11. The van der Waals surface area contributed by atoms with Gasteiger partial charge < -0.3 is 10.3 Å². The molecule has 2 N–H and O–H groups in total. The second kappa shape index (κ2) is 4.34. The Labute approximate surface area is 86.1 Å². The lowest BCUT2D eigenvalue weighted by Crippen LogP contribution is -2.08. The summed E-state index contributed by atoms with van der Waals surface area (Å²) in [5.41, 5.74) is 10.2. The number of rotatable bonds is 3. The normalized spacial score (nSPS) is 10.2. The molecule has 0 unspecified atom stereocenters. The second-order valence-corrected chi connectivity index (χ2v) is 3.61. The van der Waals surface area contributed by atoms with E-state index in [0.29, 0.717) is 0 Å². The Morgan fingerprint density at radius 2 is 1.93 bits per heavy atom. The van der Waals surface area contributed by atoms with Crippen LogP contribution in [0.4, 0.5) is 0 Å². The zero-order valence-corrected chi connectivity index (χ0v) is 9.22. The van der Waals surface area contributed by atoms with Gasteiger partial charge in [0.2, 0.25) is 0 Å². The summed E-state index contributed by atoms with van der Waals surface area (Å²) >= 11 is 0. The van der Waals surface area contributed by atoms with Gasteiger partial charge in [0, 0.05) is 23.5 Å². The maximum atomic E-state index is 5.50. The van der Waals surface area contributed by atoms with E-state index in [4.69, 9.17) is 12.2 Å². The van der Waals surface area contributed by atoms with Crippen molar-refractivity contribution in [2.24, 2.45) is 5.73 Å². The van der Waals surface area contributed by atoms with E-state index in [0.717, 1.165) is 25.1 Å². The third-order valence-electron chi connectivity index (χ3n) is 2.82. The van der Waals surface area contributed by atoms with Crippen LogP contribution < -0.4 is 5.73 Å².